The number of ether oxygens (including phenoxy) is 3. The summed E-state index contributed by atoms with van der Waals surface area (Å²) in [5.74, 6) is 0.573. The Hall–Kier alpha value is -5.75. The Balaban J connectivity index is 0.826. The van der Waals surface area contributed by atoms with Crippen molar-refractivity contribution in [3.63, 3.8) is 0 Å². The number of carbonyl (C=O) groups is 3. The van der Waals surface area contributed by atoms with Crippen molar-refractivity contribution in [1.29, 1.82) is 0 Å². The third-order valence-electron chi connectivity index (χ3n) is 8.22. The van der Waals surface area contributed by atoms with Crippen LogP contribution in [0.25, 0.3) is 44.3 Å². The maximum atomic E-state index is 12.5. The van der Waals surface area contributed by atoms with Crippen LogP contribution < -0.4 is 20.1 Å². The molecule has 0 saturated carbocycles. The van der Waals surface area contributed by atoms with Crippen molar-refractivity contribution >= 4 is 50.5 Å². The average Bonchev–Trinajstić information content (AvgIpc) is 3.71. The van der Waals surface area contributed by atoms with E-state index in [4.69, 9.17) is 18.6 Å². The number of hydrogen-bond acceptors (Lipinski definition) is 9. The lowest BCUT2D eigenvalue weighted by Crippen LogP contribution is -2.39. The molecule has 3 aromatic heterocycles. The molecule has 1 fully saturated rings. The van der Waals surface area contributed by atoms with Crippen LogP contribution >= 0.6 is 0 Å². The minimum absolute atomic E-state index is 0.143. The first-order valence-electron chi connectivity index (χ1n) is 15.7. The Kier molecular flexibility index (Phi) is 8.71. The summed E-state index contributed by atoms with van der Waals surface area (Å²) in [4.78, 5) is 48.6. The number of benzene rings is 3. The number of fused-ring (bicyclic) bond motifs is 4. The number of carbonyl (C=O) groups excluding carboxylic acids is 3. The highest BCUT2D eigenvalue weighted by molar-refractivity contribution is 6.10. The molecule has 3 aromatic carbocycles. The molecule has 1 aliphatic rings. The molecular weight excluding hydrogens is 614 g/mol. The van der Waals surface area contributed by atoms with E-state index in [1.165, 1.54) is 0 Å². The monoisotopic (exact) mass is 647 g/mol. The summed E-state index contributed by atoms with van der Waals surface area (Å²) < 4.78 is 22.8. The number of furan rings is 1. The number of imide groups is 1. The highest BCUT2D eigenvalue weighted by atomic mass is 16.5. The summed E-state index contributed by atoms with van der Waals surface area (Å²) in [6.07, 6.45) is 3.93. The van der Waals surface area contributed by atoms with Gasteiger partial charge in [0.05, 0.1) is 42.6 Å². The third-order valence-corrected chi connectivity index (χ3v) is 8.22. The molecule has 0 spiro atoms. The number of hydrogen-bond donors (Lipinski definition) is 3. The molecule has 0 bridgehead atoms. The van der Waals surface area contributed by atoms with E-state index >= 15 is 0 Å². The van der Waals surface area contributed by atoms with Gasteiger partial charge in [-0.1, -0.05) is 12.1 Å². The molecule has 1 aliphatic heterocycles. The number of nitrogens with one attached hydrogen (secondary N) is 3. The highest BCUT2D eigenvalue weighted by Gasteiger charge is 2.31. The van der Waals surface area contributed by atoms with Crippen LogP contribution in [0.5, 0.6) is 11.5 Å². The van der Waals surface area contributed by atoms with Gasteiger partial charge >= 0.3 is 0 Å². The lowest BCUT2D eigenvalue weighted by molar-refractivity contribution is -0.134. The van der Waals surface area contributed by atoms with Crippen molar-refractivity contribution in [2.45, 2.75) is 25.7 Å². The number of aromatic amines is 1. The van der Waals surface area contributed by atoms with E-state index in [2.05, 4.69) is 25.6 Å². The van der Waals surface area contributed by atoms with Crippen LogP contribution in [-0.2, 0) is 19.1 Å². The molecule has 3 amide bonds. The Labute approximate surface area is 274 Å². The summed E-state index contributed by atoms with van der Waals surface area (Å²) in [7, 11) is 0. The quantitative estimate of drug-likeness (QED) is 0.124. The van der Waals surface area contributed by atoms with E-state index in [9.17, 15) is 14.4 Å². The van der Waals surface area contributed by atoms with Gasteiger partial charge in [0.1, 0.15) is 29.4 Å². The normalized spacial score (nSPS) is 14.8. The van der Waals surface area contributed by atoms with Gasteiger partial charge in [0.15, 0.2) is 12.4 Å². The zero-order valence-corrected chi connectivity index (χ0v) is 26.2. The number of H-pyrrole nitrogens is 1. The summed E-state index contributed by atoms with van der Waals surface area (Å²) in [6, 6.07) is 19.1. The fraction of sp³-hybridized carbons (Fsp3) is 0.250. The van der Waals surface area contributed by atoms with Crippen LogP contribution in [0.1, 0.15) is 29.9 Å². The van der Waals surface area contributed by atoms with Gasteiger partial charge in [0, 0.05) is 23.9 Å². The lowest BCUT2D eigenvalue weighted by atomic mass is 9.89. The van der Waals surface area contributed by atoms with Crippen molar-refractivity contribution in [2.24, 2.45) is 0 Å². The van der Waals surface area contributed by atoms with Gasteiger partial charge in [-0.05, 0) is 78.2 Å². The summed E-state index contributed by atoms with van der Waals surface area (Å²) in [5.41, 5.74) is 5.10. The third kappa shape index (κ3) is 6.69. The van der Waals surface area contributed by atoms with Gasteiger partial charge in [-0.3, -0.25) is 19.7 Å². The van der Waals surface area contributed by atoms with Crippen LogP contribution in [-0.4, -0.2) is 65.6 Å². The zero-order chi connectivity index (χ0) is 33.0. The molecular formula is C36H33N5O7. The second kappa shape index (κ2) is 13.5. The van der Waals surface area contributed by atoms with E-state index in [0.29, 0.717) is 67.8 Å². The van der Waals surface area contributed by atoms with Crippen molar-refractivity contribution in [1.82, 2.24) is 25.6 Å². The van der Waals surface area contributed by atoms with E-state index < -0.39 is 5.92 Å². The largest absolute Gasteiger partial charge is 0.491 e. The molecule has 3 N–H and O–H groups in total. The molecule has 6 aromatic rings. The number of aryl methyl sites for hydroxylation is 1. The molecule has 48 heavy (non-hydrogen) atoms. The average molecular weight is 648 g/mol. The maximum absolute atomic E-state index is 12.5. The van der Waals surface area contributed by atoms with Crippen LogP contribution in [0.3, 0.4) is 0 Å². The standard InChI is InChI=1S/C36H33N5O7/c1-21-2-8-28-30(16-21)40-35(39-28)29-9-5-24(18-38-29)47-20-33(43)37-12-13-45-14-15-46-23-4-6-25-22(17-23)3-10-31-34(25)27(19-48-31)26-7-11-32(42)41-36(26)44/h2-6,8-10,16-19,26H,7,11-15,20H2,1H3,(H,37,43)(H,39,40)(H,41,42,44). The number of imidazole rings is 1. The molecule has 244 valence electrons. The smallest absolute Gasteiger partial charge is 0.258 e. The van der Waals surface area contributed by atoms with Crippen molar-refractivity contribution in [3.8, 4) is 23.0 Å². The van der Waals surface area contributed by atoms with Gasteiger partial charge in [-0.15, -0.1) is 0 Å². The Morgan fingerprint density at radius 1 is 1.00 bits per heavy atom. The van der Waals surface area contributed by atoms with Gasteiger partial charge in [0.2, 0.25) is 11.8 Å². The van der Waals surface area contributed by atoms with Crippen LogP contribution in [0.2, 0.25) is 0 Å². The molecule has 12 nitrogen and oxygen atoms in total. The van der Waals surface area contributed by atoms with Gasteiger partial charge in [-0.25, -0.2) is 9.97 Å². The van der Waals surface area contributed by atoms with Crippen LogP contribution in [0.15, 0.2) is 77.5 Å². The first-order chi connectivity index (χ1) is 23.4. The van der Waals surface area contributed by atoms with Crippen molar-refractivity contribution in [2.75, 3.05) is 33.0 Å². The molecule has 4 heterocycles. The number of rotatable bonds is 12. The Bertz CT molecular complexity index is 2140. The summed E-state index contributed by atoms with van der Waals surface area (Å²) >= 11 is 0. The minimum Gasteiger partial charge on any atom is -0.491 e. The van der Waals surface area contributed by atoms with Crippen molar-refractivity contribution < 1.29 is 33.0 Å². The Morgan fingerprint density at radius 2 is 1.90 bits per heavy atom. The fourth-order valence-corrected chi connectivity index (χ4v) is 5.83. The van der Waals surface area contributed by atoms with E-state index in [0.717, 1.165) is 38.3 Å². The number of pyridine rings is 1. The SMILES string of the molecule is Cc1ccc2[nH]c(-c3ccc(OCC(=O)NCCOCCOc4ccc5c(ccc6occ(C7CCC(=O)NC7=O)c65)c4)cn3)nc2c1. The highest BCUT2D eigenvalue weighted by Crippen LogP contribution is 2.37. The second-order valence-corrected chi connectivity index (χ2v) is 11.6. The van der Waals surface area contributed by atoms with Crippen LogP contribution in [0, 0.1) is 6.92 Å². The fourth-order valence-electron chi connectivity index (χ4n) is 5.83. The number of piperidine rings is 1. The molecule has 1 saturated heterocycles. The van der Waals surface area contributed by atoms with Gasteiger partial charge in [0.25, 0.3) is 5.91 Å². The molecule has 1 unspecified atom stereocenters. The topological polar surface area (TPSA) is 158 Å². The Morgan fingerprint density at radius 3 is 2.75 bits per heavy atom. The maximum Gasteiger partial charge on any atom is 0.258 e. The molecule has 7 rings (SSSR count). The number of amides is 3. The first kappa shape index (κ1) is 30.9. The predicted molar refractivity (Wildman–Crippen MR) is 178 cm³/mol. The predicted octanol–water partition coefficient (Wildman–Crippen LogP) is 4.94. The molecule has 1 atom stereocenters. The molecule has 0 aliphatic carbocycles. The lowest BCUT2D eigenvalue weighted by Gasteiger charge is -2.20. The van der Waals surface area contributed by atoms with Gasteiger partial charge in [-0.2, -0.15) is 0 Å². The molecule has 0 radical (unpaired) electrons. The summed E-state index contributed by atoms with van der Waals surface area (Å²) in [6.45, 7) is 3.20. The summed E-state index contributed by atoms with van der Waals surface area (Å²) in [5, 5.41) is 7.94. The van der Waals surface area contributed by atoms with Gasteiger partial charge < -0.3 is 28.9 Å². The minimum atomic E-state index is -0.436. The van der Waals surface area contributed by atoms with E-state index in [-0.39, 0.29) is 24.3 Å². The first-order valence-corrected chi connectivity index (χ1v) is 15.7. The second-order valence-electron chi connectivity index (χ2n) is 11.6. The zero-order valence-electron chi connectivity index (χ0n) is 26.2. The molecule has 12 heteroatoms. The van der Waals surface area contributed by atoms with Crippen LogP contribution in [0.4, 0.5) is 0 Å². The number of nitrogens with zero attached hydrogens (tertiary/aromatic N) is 2. The van der Waals surface area contributed by atoms with E-state index in [1.54, 1.807) is 24.6 Å². The van der Waals surface area contributed by atoms with E-state index in [1.807, 2.05) is 55.5 Å². The van der Waals surface area contributed by atoms with Crippen molar-refractivity contribution in [3.05, 3.63) is 84.3 Å². The number of aromatic nitrogens is 3.